The number of nitrogens with one attached hydrogen (secondary N) is 2. The average molecular weight is 497 g/mol. The molecule has 0 aliphatic carbocycles. The minimum atomic E-state index is -1.48. The van der Waals surface area contributed by atoms with Crippen molar-refractivity contribution in [2.75, 3.05) is 46.9 Å². The van der Waals surface area contributed by atoms with Crippen LogP contribution in [0.1, 0.15) is 33.5 Å². The summed E-state index contributed by atoms with van der Waals surface area (Å²) in [4.78, 5) is 40.2. The van der Waals surface area contributed by atoms with Gasteiger partial charge >= 0.3 is 0 Å². The van der Waals surface area contributed by atoms with E-state index in [-0.39, 0.29) is 0 Å². The zero-order chi connectivity index (χ0) is 25.9. The van der Waals surface area contributed by atoms with Gasteiger partial charge in [0.05, 0.1) is 6.61 Å². The quantitative estimate of drug-likeness (QED) is 0.261. The van der Waals surface area contributed by atoms with Crippen molar-refractivity contribution in [2.45, 2.75) is 31.7 Å². The molecule has 36 heavy (non-hydrogen) atoms. The van der Waals surface area contributed by atoms with Crippen molar-refractivity contribution >= 4 is 17.7 Å². The molecular weight excluding hydrogens is 460 g/mol. The average Bonchev–Trinajstić information content (AvgIpc) is 3.20. The predicted molar refractivity (Wildman–Crippen MR) is 136 cm³/mol. The molecule has 0 spiro atoms. The number of benzene rings is 2. The van der Waals surface area contributed by atoms with Crippen LogP contribution < -0.4 is 10.8 Å². The Labute approximate surface area is 212 Å². The molecule has 2 aromatic carbocycles. The van der Waals surface area contributed by atoms with E-state index in [0.29, 0.717) is 5.56 Å². The van der Waals surface area contributed by atoms with Gasteiger partial charge in [-0.25, -0.2) is 5.48 Å². The predicted octanol–water partition coefficient (Wildman–Crippen LogP) is 1.43. The Bertz CT molecular complexity index is 986. The first-order valence-corrected chi connectivity index (χ1v) is 12.3. The molecule has 9 nitrogen and oxygen atoms in total. The number of aryl methyl sites for hydroxylation is 2. The van der Waals surface area contributed by atoms with E-state index in [9.17, 15) is 14.4 Å². The lowest BCUT2D eigenvalue weighted by Crippen LogP contribution is -2.54. The lowest BCUT2D eigenvalue weighted by molar-refractivity contribution is -0.140. The van der Waals surface area contributed by atoms with Crippen LogP contribution in [0.4, 0.5) is 0 Å². The minimum Gasteiger partial charge on any atom is -0.380 e. The van der Waals surface area contributed by atoms with E-state index >= 15 is 0 Å². The zero-order valence-electron chi connectivity index (χ0n) is 21.0. The lowest BCUT2D eigenvalue weighted by Gasteiger charge is -2.25. The van der Waals surface area contributed by atoms with Crippen molar-refractivity contribution in [3.8, 4) is 0 Å². The highest BCUT2D eigenvalue weighted by Gasteiger charge is 2.33. The second kappa shape index (κ2) is 13.7. The zero-order valence-corrected chi connectivity index (χ0v) is 21.0. The Morgan fingerprint density at radius 1 is 0.917 bits per heavy atom. The highest BCUT2D eigenvalue weighted by Crippen LogP contribution is 2.14. The van der Waals surface area contributed by atoms with Gasteiger partial charge in [-0.05, 0) is 54.5 Å². The molecule has 1 aliphatic rings. The van der Waals surface area contributed by atoms with Crippen molar-refractivity contribution < 1.29 is 24.3 Å². The number of rotatable bonds is 10. The van der Waals surface area contributed by atoms with Crippen LogP contribution in [-0.4, -0.2) is 85.7 Å². The molecule has 3 N–H and O–H groups in total. The number of hydrogen-bond acceptors (Lipinski definition) is 6. The van der Waals surface area contributed by atoms with E-state index in [4.69, 9.17) is 9.94 Å². The van der Waals surface area contributed by atoms with Crippen LogP contribution in [0.15, 0.2) is 48.5 Å². The summed E-state index contributed by atoms with van der Waals surface area (Å²) in [6.45, 7) is 4.85. The Morgan fingerprint density at radius 3 is 2.08 bits per heavy atom. The SMILES string of the molecule is CNC(=O)C(C(=O)NO)N(C)C(=O)c1ccc(CCc2ccc(CCN3CCCOCC3)cc2)cc1. The van der Waals surface area contributed by atoms with Gasteiger partial charge in [0.1, 0.15) is 0 Å². The maximum atomic E-state index is 12.8. The maximum Gasteiger partial charge on any atom is 0.275 e. The molecule has 1 aliphatic heterocycles. The monoisotopic (exact) mass is 496 g/mol. The third-order valence-electron chi connectivity index (χ3n) is 6.52. The largest absolute Gasteiger partial charge is 0.380 e. The van der Waals surface area contributed by atoms with Gasteiger partial charge in [0.2, 0.25) is 0 Å². The fraction of sp³-hybridized carbons (Fsp3) is 0.444. The van der Waals surface area contributed by atoms with Crippen molar-refractivity contribution in [2.24, 2.45) is 0 Å². The van der Waals surface area contributed by atoms with E-state index < -0.39 is 23.8 Å². The van der Waals surface area contributed by atoms with Crippen LogP contribution >= 0.6 is 0 Å². The first kappa shape index (κ1) is 27.3. The first-order valence-electron chi connectivity index (χ1n) is 12.3. The summed E-state index contributed by atoms with van der Waals surface area (Å²) in [7, 11) is 2.70. The van der Waals surface area contributed by atoms with Crippen LogP contribution in [0.3, 0.4) is 0 Å². The normalized spacial score (nSPS) is 15.0. The van der Waals surface area contributed by atoms with Crippen molar-refractivity contribution in [3.05, 3.63) is 70.8 Å². The number of carbonyl (C=O) groups is 3. The summed E-state index contributed by atoms with van der Waals surface area (Å²) in [5, 5.41) is 11.2. The third-order valence-corrected chi connectivity index (χ3v) is 6.52. The molecule has 3 amide bonds. The second-order valence-electron chi connectivity index (χ2n) is 8.98. The summed E-state index contributed by atoms with van der Waals surface area (Å²) in [6.07, 6.45) is 3.84. The summed E-state index contributed by atoms with van der Waals surface area (Å²) < 4.78 is 5.52. The molecule has 194 valence electrons. The third kappa shape index (κ3) is 7.61. The van der Waals surface area contributed by atoms with Crippen LogP contribution in [0.5, 0.6) is 0 Å². The Hall–Kier alpha value is -3.27. The van der Waals surface area contributed by atoms with Gasteiger partial charge in [-0.1, -0.05) is 36.4 Å². The second-order valence-corrected chi connectivity index (χ2v) is 8.98. The van der Waals surface area contributed by atoms with E-state index in [1.54, 1.807) is 12.1 Å². The smallest absolute Gasteiger partial charge is 0.275 e. The summed E-state index contributed by atoms with van der Waals surface area (Å²) in [6, 6.07) is 14.4. The Kier molecular flexibility index (Phi) is 10.4. The van der Waals surface area contributed by atoms with Crippen molar-refractivity contribution in [3.63, 3.8) is 0 Å². The summed E-state index contributed by atoms with van der Waals surface area (Å²) in [5.74, 6) is -2.18. The molecule has 1 atom stereocenters. The van der Waals surface area contributed by atoms with Crippen LogP contribution in [0.25, 0.3) is 0 Å². The summed E-state index contributed by atoms with van der Waals surface area (Å²) >= 11 is 0. The number of hydrogen-bond donors (Lipinski definition) is 3. The Balaban J connectivity index is 1.51. The van der Waals surface area contributed by atoms with E-state index in [1.807, 2.05) is 12.1 Å². The van der Waals surface area contributed by atoms with E-state index in [2.05, 4.69) is 34.5 Å². The molecule has 0 saturated carbocycles. The standard InChI is InChI=1S/C27H36N4O5/c1-28-25(32)24(26(33)29-35)30(2)27(34)23-12-10-21(11-13-23)5-4-20-6-8-22(9-7-20)14-16-31-15-3-18-36-19-17-31/h6-13,24,35H,3-5,14-19H2,1-2H3,(H,28,32)(H,29,33). The van der Waals surface area contributed by atoms with Crippen molar-refractivity contribution in [1.29, 1.82) is 0 Å². The highest BCUT2D eigenvalue weighted by molar-refractivity contribution is 6.08. The summed E-state index contributed by atoms with van der Waals surface area (Å²) in [5.41, 5.74) is 5.45. The highest BCUT2D eigenvalue weighted by atomic mass is 16.5. The molecule has 1 heterocycles. The molecule has 0 radical (unpaired) electrons. The van der Waals surface area contributed by atoms with Crippen LogP contribution in [0, 0.1) is 0 Å². The molecule has 1 unspecified atom stereocenters. The number of hydroxylamine groups is 1. The number of amides is 3. The minimum absolute atomic E-state index is 0.348. The fourth-order valence-electron chi connectivity index (χ4n) is 4.27. The Morgan fingerprint density at radius 2 is 1.50 bits per heavy atom. The molecule has 1 fully saturated rings. The molecule has 9 heteroatoms. The van der Waals surface area contributed by atoms with Gasteiger partial charge in [0.25, 0.3) is 17.7 Å². The number of ether oxygens (including phenoxy) is 1. The number of likely N-dealkylation sites (N-methyl/N-ethyl adjacent to an activating group) is 2. The van der Waals surface area contributed by atoms with E-state index in [1.165, 1.54) is 30.7 Å². The van der Waals surface area contributed by atoms with Crippen LogP contribution in [0.2, 0.25) is 0 Å². The van der Waals surface area contributed by atoms with Gasteiger partial charge in [0, 0.05) is 45.9 Å². The maximum absolute atomic E-state index is 12.8. The number of nitrogens with zero attached hydrogens (tertiary/aromatic N) is 2. The van der Waals surface area contributed by atoms with Gasteiger partial charge < -0.3 is 19.9 Å². The van der Waals surface area contributed by atoms with Gasteiger partial charge in [0.15, 0.2) is 6.04 Å². The van der Waals surface area contributed by atoms with Gasteiger partial charge in [-0.15, -0.1) is 0 Å². The van der Waals surface area contributed by atoms with Gasteiger partial charge in [-0.3, -0.25) is 19.6 Å². The molecule has 2 aromatic rings. The molecule has 3 rings (SSSR count). The molecule has 0 aromatic heterocycles. The van der Waals surface area contributed by atoms with Gasteiger partial charge in [-0.2, -0.15) is 0 Å². The lowest BCUT2D eigenvalue weighted by atomic mass is 10.0. The van der Waals surface area contributed by atoms with E-state index in [0.717, 1.165) is 69.0 Å². The molecule has 1 saturated heterocycles. The van der Waals surface area contributed by atoms with Crippen LogP contribution in [-0.2, 0) is 33.6 Å². The van der Waals surface area contributed by atoms with Crippen molar-refractivity contribution in [1.82, 2.24) is 20.6 Å². The topological polar surface area (TPSA) is 111 Å². The first-order chi connectivity index (χ1) is 17.4. The number of carbonyl (C=O) groups excluding carboxylic acids is 3. The fourth-order valence-corrected chi connectivity index (χ4v) is 4.27. The molecule has 0 bridgehead atoms. The molecular formula is C27H36N4O5.